The Balaban J connectivity index is 2.88. The van der Waals surface area contributed by atoms with E-state index in [-0.39, 0.29) is 17.5 Å². The molecule has 0 aromatic heterocycles. The van der Waals surface area contributed by atoms with Crippen molar-refractivity contribution in [3.8, 4) is 0 Å². The van der Waals surface area contributed by atoms with Gasteiger partial charge in [-0.25, -0.2) is 0 Å². The molecule has 0 saturated heterocycles. The van der Waals surface area contributed by atoms with Crippen LogP contribution in [0.5, 0.6) is 0 Å². The highest BCUT2D eigenvalue weighted by atomic mass is 16.1. The van der Waals surface area contributed by atoms with Crippen LogP contribution in [0.3, 0.4) is 0 Å². The number of Topliss-reactive ketones (excluding diaryl/α,β-unsaturated/α-hetero) is 2. The normalized spacial score (nSPS) is 11.0. The molecule has 0 aliphatic carbocycles. The van der Waals surface area contributed by atoms with Gasteiger partial charge in [-0.3, -0.25) is 9.59 Å². The summed E-state index contributed by atoms with van der Waals surface area (Å²) in [6, 6.07) is 8.47. The fourth-order valence-electron chi connectivity index (χ4n) is 3.36. The largest absolute Gasteiger partial charge is 0.372 e. The van der Waals surface area contributed by atoms with Crippen LogP contribution in [0.4, 0.5) is 5.69 Å². The minimum atomic E-state index is 0.0227. The number of hydrogen-bond acceptors (Lipinski definition) is 3. The molecule has 1 aromatic rings. The number of ketones is 2. The van der Waals surface area contributed by atoms with E-state index in [4.69, 9.17) is 0 Å². The third-order valence-corrected chi connectivity index (χ3v) is 5.06. The third kappa shape index (κ3) is 7.72. The minimum Gasteiger partial charge on any atom is -0.372 e. The van der Waals surface area contributed by atoms with Crippen molar-refractivity contribution in [3.63, 3.8) is 0 Å². The van der Waals surface area contributed by atoms with Crippen molar-refractivity contribution in [3.05, 3.63) is 29.8 Å². The molecule has 1 aromatic carbocycles. The zero-order chi connectivity index (χ0) is 19.4. The number of carbonyl (C=O) groups excluding carboxylic acids is 2. The van der Waals surface area contributed by atoms with E-state index in [9.17, 15) is 9.59 Å². The second-order valence-electron chi connectivity index (χ2n) is 7.15. The van der Waals surface area contributed by atoms with Gasteiger partial charge in [0.25, 0.3) is 0 Å². The van der Waals surface area contributed by atoms with Crippen molar-refractivity contribution in [2.24, 2.45) is 0 Å². The van der Waals surface area contributed by atoms with Crippen LogP contribution in [0.1, 0.15) is 90.5 Å². The van der Waals surface area contributed by atoms with Crippen LogP contribution in [0, 0.1) is 0 Å². The molecule has 0 saturated carbocycles. The van der Waals surface area contributed by atoms with Gasteiger partial charge in [0.2, 0.25) is 0 Å². The van der Waals surface area contributed by atoms with Crippen LogP contribution in [-0.2, 0) is 9.59 Å². The lowest BCUT2D eigenvalue weighted by molar-refractivity contribution is -0.121. The maximum absolute atomic E-state index is 12.3. The fourth-order valence-corrected chi connectivity index (χ4v) is 3.36. The number of nitrogens with zero attached hydrogens (tertiary/aromatic N) is 1. The zero-order valence-electron chi connectivity index (χ0n) is 17.2. The minimum absolute atomic E-state index is 0.0227. The smallest absolute Gasteiger partial charge is 0.133 e. The molecule has 3 nitrogen and oxygen atoms in total. The first-order valence-corrected chi connectivity index (χ1v) is 10.4. The predicted octanol–water partition coefficient (Wildman–Crippen LogP) is 5.92. The number of hydrogen-bond donors (Lipinski definition) is 0. The molecule has 0 radical (unpaired) electrons. The van der Waals surface area contributed by atoms with E-state index >= 15 is 0 Å². The Labute approximate surface area is 160 Å². The lowest BCUT2D eigenvalue weighted by Gasteiger charge is -2.22. The van der Waals surface area contributed by atoms with Crippen LogP contribution in [0.2, 0.25) is 0 Å². The summed E-state index contributed by atoms with van der Waals surface area (Å²) in [5, 5.41) is 0. The van der Waals surface area contributed by atoms with Crippen LogP contribution in [0.25, 0.3) is 0 Å². The molecule has 0 atom stereocenters. The Kier molecular flexibility index (Phi) is 10.9. The second-order valence-corrected chi connectivity index (χ2v) is 7.15. The van der Waals surface area contributed by atoms with Gasteiger partial charge in [0.05, 0.1) is 0 Å². The molecule has 3 heteroatoms. The van der Waals surface area contributed by atoms with Crippen molar-refractivity contribution < 1.29 is 9.59 Å². The highest BCUT2D eigenvalue weighted by Gasteiger charge is 2.19. The van der Waals surface area contributed by atoms with Crippen molar-refractivity contribution in [2.45, 2.75) is 85.0 Å². The van der Waals surface area contributed by atoms with Gasteiger partial charge >= 0.3 is 0 Å². The average molecular weight is 360 g/mol. The van der Waals surface area contributed by atoms with E-state index in [1.54, 1.807) is 0 Å². The first-order valence-electron chi connectivity index (χ1n) is 10.4. The van der Waals surface area contributed by atoms with Gasteiger partial charge in [-0.05, 0) is 50.3 Å². The summed E-state index contributed by atoms with van der Waals surface area (Å²) in [5.74, 6) is 0.593. The van der Waals surface area contributed by atoms with E-state index in [1.165, 1.54) is 5.69 Å². The zero-order valence-corrected chi connectivity index (χ0v) is 17.2. The second kappa shape index (κ2) is 12.7. The summed E-state index contributed by atoms with van der Waals surface area (Å²) in [6.07, 6.45) is 6.19. The summed E-state index contributed by atoms with van der Waals surface area (Å²) in [5.41, 5.74) is 2.32. The molecular formula is C23H37NO2. The number of benzene rings is 1. The Morgan fingerprint density at radius 1 is 0.808 bits per heavy atom. The summed E-state index contributed by atoms with van der Waals surface area (Å²) < 4.78 is 0. The summed E-state index contributed by atoms with van der Waals surface area (Å²) in [6.45, 7) is 10.5. The Morgan fingerprint density at radius 2 is 1.27 bits per heavy atom. The number of rotatable bonds is 14. The molecule has 0 fully saturated rings. The predicted molar refractivity (Wildman–Crippen MR) is 111 cm³/mol. The number of anilines is 1. The van der Waals surface area contributed by atoms with Gasteiger partial charge in [-0.2, -0.15) is 0 Å². The highest BCUT2D eigenvalue weighted by Crippen LogP contribution is 2.28. The SMILES string of the molecule is CCCCC(=O)CC(CC(=O)CCCC)c1ccc(N(CC)CC)cc1. The van der Waals surface area contributed by atoms with E-state index in [2.05, 4.69) is 56.9 Å². The molecule has 26 heavy (non-hydrogen) atoms. The van der Waals surface area contributed by atoms with Crippen molar-refractivity contribution in [1.82, 2.24) is 0 Å². The molecule has 0 spiro atoms. The summed E-state index contributed by atoms with van der Waals surface area (Å²) >= 11 is 0. The maximum Gasteiger partial charge on any atom is 0.133 e. The summed E-state index contributed by atoms with van der Waals surface area (Å²) in [7, 11) is 0. The third-order valence-electron chi connectivity index (χ3n) is 5.06. The Bertz CT molecular complexity index is 510. The van der Waals surface area contributed by atoms with Gasteiger partial charge in [0.1, 0.15) is 11.6 Å². The van der Waals surface area contributed by atoms with Crippen molar-refractivity contribution >= 4 is 17.3 Å². The van der Waals surface area contributed by atoms with Crippen molar-refractivity contribution in [1.29, 1.82) is 0 Å². The van der Waals surface area contributed by atoms with Crippen LogP contribution in [-0.4, -0.2) is 24.7 Å². The van der Waals surface area contributed by atoms with Gasteiger partial charge < -0.3 is 4.90 Å². The molecule has 0 aliphatic rings. The van der Waals surface area contributed by atoms with Crippen molar-refractivity contribution in [2.75, 3.05) is 18.0 Å². The van der Waals surface area contributed by atoms with Crippen LogP contribution >= 0.6 is 0 Å². The lowest BCUT2D eigenvalue weighted by Crippen LogP contribution is -2.21. The van der Waals surface area contributed by atoms with Crippen LogP contribution < -0.4 is 4.90 Å². The molecule has 1 rings (SSSR count). The first-order chi connectivity index (χ1) is 12.5. The molecule has 0 heterocycles. The van der Waals surface area contributed by atoms with Gasteiger partial charge in [-0.15, -0.1) is 0 Å². The maximum atomic E-state index is 12.3. The monoisotopic (exact) mass is 359 g/mol. The number of carbonyl (C=O) groups is 2. The van der Waals surface area contributed by atoms with Gasteiger partial charge in [0, 0.05) is 44.5 Å². The molecule has 0 amide bonds. The van der Waals surface area contributed by atoms with Gasteiger partial charge in [-0.1, -0.05) is 38.8 Å². The fraction of sp³-hybridized carbons (Fsp3) is 0.652. The van der Waals surface area contributed by atoms with E-state index < -0.39 is 0 Å². The molecule has 146 valence electrons. The number of unbranched alkanes of at least 4 members (excludes halogenated alkanes) is 2. The molecule has 0 N–H and O–H groups in total. The molecular weight excluding hydrogens is 322 g/mol. The quantitative estimate of drug-likeness (QED) is 0.414. The van der Waals surface area contributed by atoms with Crippen LogP contribution in [0.15, 0.2) is 24.3 Å². The van der Waals surface area contributed by atoms with Gasteiger partial charge in [0.15, 0.2) is 0 Å². The topological polar surface area (TPSA) is 37.4 Å². The molecule has 0 unspecified atom stereocenters. The van der Waals surface area contributed by atoms with E-state index in [1.807, 2.05) is 0 Å². The average Bonchev–Trinajstić information content (AvgIpc) is 2.65. The Morgan fingerprint density at radius 3 is 1.65 bits per heavy atom. The summed E-state index contributed by atoms with van der Waals surface area (Å²) in [4.78, 5) is 27.0. The molecule has 0 aliphatic heterocycles. The Hall–Kier alpha value is -1.64. The first kappa shape index (κ1) is 22.4. The van der Waals surface area contributed by atoms with E-state index in [0.717, 1.165) is 44.3 Å². The highest BCUT2D eigenvalue weighted by molar-refractivity contribution is 5.83. The van der Waals surface area contributed by atoms with E-state index in [0.29, 0.717) is 25.7 Å². The lowest BCUT2D eigenvalue weighted by atomic mass is 9.87. The standard InChI is InChI=1S/C23H37NO2/c1-5-9-11-22(25)17-20(18-23(26)12-10-6-2)19-13-15-21(16-14-19)24(7-3)8-4/h13-16,20H,5-12,17-18H2,1-4H3. The molecule has 0 bridgehead atoms.